The number of amides is 1. The number of carbonyl (C=O) groups is 1. The van der Waals surface area contributed by atoms with Gasteiger partial charge in [0.2, 0.25) is 5.91 Å². The van der Waals surface area contributed by atoms with Crippen LogP contribution < -0.4 is 5.32 Å². The van der Waals surface area contributed by atoms with Gasteiger partial charge in [0.05, 0.1) is 5.52 Å². The molecule has 5 heteroatoms. The van der Waals surface area contributed by atoms with Crippen LogP contribution in [0.1, 0.15) is 44.6 Å². The van der Waals surface area contributed by atoms with Gasteiger partial charge in [0.15, 0.2) is 5.88 Å². The maximum Gasteiger partial charge on any atom is 0.248 e. The molecule has 0 aliphatic heterocycles. The number of rotatable bonds is 5. The average Bonchev–Trinajstić information content (AvgIpc) is 3.14. The second-order valence-corrected chi connectivity index (χ2v) is 8.58. The third-order valence-electron chi connectivity index (χ3n) is 6.49. The predicted molar refractivity (Wildman–Crippen MR) is 124 cm³/mol. The molecule has 1 fully saturated rings. The van der Waals surface area contributed by atoms with Gasteiger partial charge in [0, 0.05) is 22.4 Å². The zero-order valence-corrected chi connectivity index (χ0v) is 17.5. The highest BCUT2D eigenvalue weighted by molar-refractivity contribution is 5.96. The first kappa shape index (κ1) is 19.6. The molecule has 0 spiro atoms. The van der Waals surface area contributed by atoms with Crippen molar-refractivity contribution in [2.75, 3.05) is 5.32 Å². The Morgan fingerprint density at radius 3 is 2.55 bits per heavy atom. The Balaban J connectivity index is 1.47. The summed E-state index contributed by atoms with van der Waals surface area (Å²) >= 11 is 0. The van der Waals surface area contributed by atoms with E-state index in [-0.39, 0.29) is 11.8 Å². The molecule has 5 nitrogen and oxygen atoms in total. The molecular formula is C26H27N3O2. The van der Waals surface area contributed by atoms with E-state index in [2.05, 4.69) is 10.3 Å². The summed E-state index contributed by atoms with van der Waals surface area (Å²) in [5.41, 5.74) is 0.846. The van der Waals surface area contributed by atoms with E-state index in [4.69, 9.17) is 0 Å². The Morgan fingerprint density at radius 2 is 1.74 bits per heavy atom. The minimum Gasteiger partial charge on any atom is -0.494 e. The van der Waals surface area contributed by atoms with Gasteiger partial charge >= 0.3 is 0 Å². The fourth-order valence-corrected chi connectivity index (χ4v) is 4.83. The van der Waals surface area contributed by atoms with Crippen molar-refractivity contribution in [2.24, 2.45) is 5.92 Å². The molecule has 2 aromatic carbocycles. The number of benzene rings is 2. The van der Waals surface area contributed by atoms with Crippen molar-refractivity contribution < 1.29 is 9.90 Å². The predicted octanol–water partition coefficient (Wildman–Crippen LogP) is 6.05. The number of aromatic hydroxyl groups is 1. The number of hydrogen-bond donors (Lipinski definition) is 2. The third kappa shape index (κ3) is 4.00. The van der Waals surface area contributed by atoms with Crippen LogP contribution in [0.4, 0.5) is 5.82 Å². The smallest absolute Gasteiger partial charge is 0.248 e. The first-order valence-electron chi connectivity index (χ1n) is 11.1. The van der Waals surface area contributed by atoms with Crippen LogP contribution in [0.5, 0.6) is 5.88 Å². The summed E-state index contributed by atoms with van der Waals surface area (Å²) in [6, 6.07) is 18.9. The number of anilines is 1. The highest BCUT2D eigenvalue weighted by atomic mass is 16.3. The normalized spacial score (nSPS) is 15.9. The van der Waals surface area contributed by atoms with Gasteiger partial charge in [-0.3, -0.25) is 4.79 Å². The van der Waals surface area contributed by atoms with E-state index in [0.717, 1.165) is 34.5 Å². The summed E-state index contributed by atoms with van der Waals surface area (Å²) < 4.78 is 1.75. The van der Waals surface area contributed by atoms with Crippen LogP contribution in [-0.4, -0.2) is 20.6 Å². The van der Waals surface area contributed by atoms with E-state index in [1.807, 2.05) is 66.9 Å². The van der Waals surface area contributed by atoms with Crippen molar-refractivity contribution in [3.8, 4) is 5.88 Å². The summed E-state index contributed by atoms with van der Waals surface area (Å²) in [7, 11) is 0. The van der Waals surface area contributed by atoms with Crippen LogP contribution in [0.2, 0.25) is 0 Å². The Bertz CT molecular complexity index is 1220. The minimum absolute atomic E-state index is 0.135. The topological polar surface area (TPSA) is 67.2 Å². The van der Waals surface area contributed by atoms with Crippen LogP contribution >= 0.6 is 0 Å². The van der Waals surface area contributed by atoms with Crippen LogP contribution in [0.3, 0.4) is 0 Å². The first-order valence-corrected chi connectivity index (χ1v) is 11.1. The molecule has 0 bridgehead atoms. The molecular weight excluding hydrogens is 386 g/mol. The molecule has 1 amide bonds. The fraction of sp³-hybridized carbons (Fsp3) is 0.308. The molecule has 5 rings (SSSR count). The standard InChI is InChI=1S/C26H27N3O2/c30-25(28-24-15-14-19-10-5-7-13-22(19)27-24)23(16-18-8-2-1-3-9-18)29-17-20-11-4-6-12-21(20)26(29)31/h4-7,10-15,17-18,23,31H,1-3,8-9,16H2,(H,27,28,30)/t23-/m0/s1. The van der Waals surface area contributed by atoms with Crippen molar-refractivity contribution in [1.29, 1.82) is 0 Å². The Hall–Kier alpha value is -3.34. The van der Waals surface area contributed by atoms with Gasteiger partial charge in [0.1, 0.15) is 11.9 Å². The lowest BCUT2D eigenvalue weighted by atomic mass is 9.84. The van der Waals surface area contributed by atoms with Gasteiger partial charge in [-0.05, 0) is 36.6 Å². The zero-order chi connectivity index (χ0) is 21.2. The minimum atomic E-state index is -0.483. The van der Waals surface area contributed by atoms with E-state index < -0.39 is 6.04 Å². The first-order chi connectivity index (χ1) is 15.2. The van der Waals surface area contributed by atoms with Gasteiger partial charge in [0.25, 0.3) is 0 Å². The molecule has 2 aromatic heterocycles. The molecule has 2 heterocycles. The third-order valence-corrected chi connectivity index (χ3v) is 6.49. The van der Waals surface area contributed by atoms with Crippen LogP contribution in [-0.2, 0) is 4.79 Å². The van der Waals surface area contributed by atoms with Gasteiger partial charge in [-0.2, -0.15) is 0 Å². The molecule has 4 aromatic rings. The average molecular weight is 414 g/mol. The second kappa shape index (κ2) is 8.42. The zero-order valence-electron chi connectivity index (χ0n) is 17.5. The van der Waals surface area contributed by atoms with Crippen molar-refractivity contribution in [3.05, 3.63) is 66.9 Å². The second-order valence-electron chi connectivity index (χ2n) is 8.58. The number of carbonyl (C=O) groups excluding carboxylic acids is 1. The number of nitrogens with zero attached hydrogens (tertiary/aromatic N) is 2. The molecule has 1 aliphatic carbocycles. The number of fused-ring (bicyclic) bond motifs is 2. The Morgan fingerprint density at radius 1 is 1.00 bits per heavy atom. The summed E-state index contributed by atoms with van der Waals surface area (Å²) in [6.07, 6.45) is 8.58. The Kier molecular flexibility index (Phi) is 5.33. The van der Waals surface area contributed by atoms with Crippen LogP contribution in [0.15, 0.2) is 66.9 Å². The van der Waals surface area contributed by atoms with Crippen molar-refractivity contribution >= 4 is 33.4 Å². The van der Waals surface area contributed by atoms with Gasteiger partial charge in [-0.25, -0.2) is 4.98 Å². The lowest BCUT2D eigenvalue weighted by Crippen LogP contribution is -2.28. The van der Waals surface area contributed by atoms with E-state index in [1.165, 1.54) is 19.3 Å². The number of nitrogens with one attached hydrogen (secondary N) is 1. The fourth-order valence-electron chi connectivity index (χ4n) is 4.83. The molecule has 1 saturated carbocycles. The van der Waals surface area contributed by atoms with Gasteiger partial charge < -0.3 is 15.0 Å². The summed E-state index contributed by atoms with van der Waals surface area (Å²) in [4.78, 5) is 18.1. The van der Waals surface area contributed by atoms with Crippen molar-refractivity contribution in [3.63, 3.8) is 0 Å². The van der Waals surface area contributed by atoms with Gasteiger partial charge in [-0.1, -0.05) is 68.5 Å². The maximum absolute atomic E-state index is 13.5. The summed E-state index contributed by atoms with van der Waals surface area (Å²) in [5.74, 6) is 1.04. The number of aromatic nitrogens is 2. The van der Waals surface area contributed by atoms with E-state index in [0.29, 0.717) is 18.2 Å². The number of para-hydroxylation sites is 1. The Labute approximate surface area is 181 Å². The van der Waals surface area contributed by atoms with E-state index >= 15 is 0 Å². The highest BCUT2D eigenvalue weighted by Gasteiger charge is 2.28. The molecule has 0 saturated heterocycles. The van der Waals surface area contributed by atoms with Crippen molar-refractivity contribution in [2.45, 2.75) is 44.6 Å². The monoisotopic (exact) mass is 413 g/mol. The largest absolute Gasteiger partial charge is 0.494 e. The van der Waals surface area contributed by atoms with Gasteiger partial charge in [-0.15, -0.1) is 0 Å². The molecule has 31 heavy (non-hydrogen) atoms. The van der Waals surface area contributed by atoms with Crippen molar-refractivity contribution in [1.82, 2.24) is 9.55 Å². The summed E-state index contributed by atoms with van der Waals surface area (Å²) in [5, 5.41) is 16.7. The molecule has 158 valence electrons. The molecule has 1 atom stereocenters. The van der Waals surface area contributed by atoms with E-state index in [1.54, 1.807) is 4.57 Å². The van der Waals surface area contributed by atoms with Crippen LogP contribution in [0.25, 0.3) is 21.7 Å². The SMILES string of the molecule is O=C(Nc1ccc2ccccc2n1)[C@H](CC1CCCCC1)n1cc2ccccc2c1O. The lowest BCUT2D eigenvalue weighted by molar-refractivity contribution is -0.120. The molecule has 0 unspecified atom stereocenters. The number of hydrogen-bond acceptors (Lipinski definition) is 3. The van der Waals surface area contributed by atoms with Crippen LogP contribution in [0, 0.1) is 5.92 Å². The quantitative estimate of drug-likeness (QED) is 0.419. The molecule has 0 radical (unpaired) electrons. The summed E-state index contributed by atoms with van der Waals surface area (Å²) in [6.45, 7) is 0. The number of pyridine rings is 1. The molecule has 2 N–H and O–H groups in total. The highest BCUT2D eigenvalue weighted by Crippen LogP contribution is 2.36. The molecule has 1 aliphatic rings. The maximum atomic E-state index is 13.5. The van der Waals surface area contributed by atoms with E-state index in [9.17, 15) is 9.90 Å². The lowest BCUT2D eigenvalue weighted by Gasteiger charge is -2.27.